The Kier molecular flexibility index (Phi) is 4.95. The van der Waals surface area contributed by atoms with Crippen LogP contribution in [0.3, 0.4) is 0 Å². The standard InChI is InChI=1S/C14H23N5O2/c1-9(2)19-6-4-5-10(19)7-16-12(20)11-8-17-14(15)18-13(11)21-3/h8-10H,4-7H2,1-3H3,(H,16,20)(H2,15,17,18). The van der Waals surface area contributed by atoms with E-state index in [1.54, 1.807) is 0 Å². The Morgan fingerprint density at radius 1 is 1.62 bits per heavy atom. The van der Waals surface area contributed by atoms with Gasteiger partial charge in [0.25, 0.3) is 5.91 Å². The Bertz CT molecular complexity index is 506. The fraction of sp³-hybridized carbons (Fsp3) is 0.643. The number of hydrogen-bond acceptors (Lipinski definition) is 6. The monoisotopic (exact) mass is 293 g/mol. The van der Waals surface area contributed by atoms with E-state index in [0.29, 0.717) is 24.2 Å². The zero-order valence-electron chi connectivity index (χ0n) is 12.8. The van der Waals surface area contributed by atoms with Gasteiger partial charge in [-0.25, -0.2) is 4.98 Å². The van der Waals surface area contributed by atoms with Gasteiger partial charge in [-0.05, 0) is 33.2 Å². The first-order chi connectivity index (χ1) is 10.0. The van der Waals surface area contributed by atoms with Crippen molar-refractivity contribution in [2.24, 2.45) is 0 Å². The zero-order valence-corrected chi connectivity index (χ0v) is 12.8. The lowest BCUT2D eigenvalue weighted by atomic mass is 10.2. The summed E-state index contributed by atoms with van der Waals surface area (Å²) in [5.74, 6) is 0.0553. The maximum Gasteiger partial charge on any atom is 0.258 e. The summed E-state index contributed by atoms with van der Waals surface area (Å²) >= 11 is 0. The van der Waals surface area contributed by atoms with Gasteiger partial charge in [-0.1, -0.05) is 0 Å². The van der Waals surface area contributed by atoms with Crippen molar-refractivity contribution in [1.29, 1.82) is 0 Å². The van der Waals surface area contributed by atoms with Crippen molar-refractivity contribution in [3.05, 3.63) is 11.8 Å². The third kappa shape index (κ3) is 3.60. The Labute approximate surface area is 124 Å². The lowest BCUT2D eigenvalue weighted by molar-refractivity contribution is 0.0931. The fourth-order valence-electron chi connectivity index (χ4n) is 2.75. The van der Waals surface area contributed by atoms with Crippen molar-refractivity contribution < 1.29 is 9.53 Å². The molecule has 0 spiro atoms. The Morgan fingerprint density at radius 3 is 3.05 bits per heavy atom. The van der Waals surface area contributed by atoms with E-state index in [1.807, 2.05) is 0 Å². The lowest BCUT2D eigenvalue weighted by Gasteiger charge is -2.28. The number of amides is 1. The molecule has 116 valence electrons. The number of carbonyl (C=O) groups is 1. The molecule has 1 atom stereocenters. The highest BCUT2D eigenvalue weighted by Crippen LogP contribution is 2.20. The summed E-state index contributed by atoms with van der Waals surface area (Å²) in [4.78, 5) is 22.4. The van der Waals surface area contributed by atoms with Gasteiger partial charge in [0.2, 0.25) is 11.8 Å². The molecule has 1 saturated heterocycles. The van der Waals surface area contributed by atoms with Gasteiger partial charge >= 0.3 is 0 Å². The normalized spacial score (nSPS) is 19.0. The number of methoxy groups -OCH3 is 1. The predicted octanol–water partition coefficient (Wildman–Crippen LogP) is 0.670. The molecular weight excluding hydrogens is 270 g/mol. The molecule has 2 rings (SSSR count). The summed E-state index contributed by atoms with van der Waals surface area (Å²) < 4.78 is 5.08. The third-order valence-corrected chi connectivity index (χ3v) is 3.79. The van der Waals surface area contributed by atoms with Crippen LogP contribution < -0.4 is 15.8 Å². The number of hydrogen-bond donors (Lipinski definition) is 2. The van der Waals surface area contributed by atoms with Crippen LogP contribution in [0.1, 0.15) is 37.0 Å². The van der Waals surface area contributed by atoms with Crippen LogP contribution >= 0.6 is 0 Å². The minimum absolute atomic E-state index is 0.0881. The van der Waals surface area contributed by atoms with Gasteiger partial charge in [-0.15, -0.1) is 0 Å². The first-order valence-corrected chi connectivity index (χ1v) is 7.23. The maximum absolute atomic E-state index is 12.2. The van der Waals surface area contributed by atoms with Crippen LogP contribution in [0.15, 0.2) is 6.20 Å². The van der Waals surface area contributed by atoms with E-state index >= 15 is 0 Å². The summed E-state index contributed by atoms with van der Waals surface area (Å²) in [5, 5.41) is 2.94. The molecule has 0 aliphatic carbocycles. The molecule has 1 amide bonds. The summed E-state index contributed by atoms with van der Waals surface area (Å²) in [6.45, 7) is 6.06. The van der Waals surface area contributed by atoms with Gasteiger partial charge in [0.05, 0.1) is 7.11 Å². The SMILES string of the molecule is COc1nc(N)ncc1C(=O)NCC1CCCN1C(C)C. The zero-order chi connectivity index (χ0) is 15.4. The van der Waals surface area contributed by atoms with Gasteiger partial charge in [0.15, 0.2) is 0 Å². The first-order valence-electron chi connectivity index (χ1n) is 7.23. The van der Waals surface area contributed by atoms with E-state index < -0.39 is 0 Å². The topological polar surface area (TPSA) is 93.4 Å². The van der Waals surface area contributed by atoms with Crippen LogP contribution in [-0.2, 0) is 0 Å². The number of nitrogens with two attached hydrogens (primary N) is 1. The molecule has 1 unspecified atom stereocenters. The number of nitrogen functional groups attached to an aromatic ring is 1. The van der Waals surface area contributed by atoms with E-state index in [2.05, 4.69) is 34.0 Å². The summed E-state index contributed by atoms with van der Waals surface area (Å²) in [7, 11) is 1.45. The number of aromatic nitrogens is 2. The fourth-order valence-corrected chi connectivity index (χ4v) is 2.75. The molecule has 21 heavy (non-hydrogen) atoms. The minimum atomic E-state index is -0.234. The van der Waals surface area contributed by atoms with E-state index in [-0.39, 0.29) is 17.7 Å². The molecule has 0 bridgehead atoms. The van der Waals surface area contributed by atoms with Crippen molar-refractivity contribution >= 4 is 11.9 Å². The van der Waals surface area contributed by atoms with Crippen molar-refractivity contribution in [1.82, 2.24) is 20.2 Å². The third-order valence-electron chi connectivity index (χ3n) is 3.79. The molecule has 1 fully saturated rings. The van der Waals surface area contributed by atoms with E-state index in [9.17, 15) is 4.79 Å². The second-order valence-electron chi connectivity index (χ2n) is 5.49. The molecule has 3 N–H and O–H groups in total. The van der Waals surface area contributed by atoms with Gasteiger partial charge in [0.1, 0.15) is 5.56 Å². The Morgan fingerprint density at radius 2 is 2.38 bits per heavy atom. The van der Waals surface area contributed by atoms with Gasteiger partial charge in [0, 0.05) is 24.8 Å². The number of carbonyl (C=O) groups excluding carboxylic acids is 1. The van der Waals surface area contributed by atoms with E-state index in [1.165, 1.54) is 19.7 Å². The highest BCUT2D eigenvalue weighted by Gasteiger charge is 2.27. The highest BCUT2D eigenvalue weighted by molar-refractivity contribution is 5.96. The average molecular weight is 293 g/mol. The molecule has 0 aromatic carbocycles. The number of ether oxygens (including phenoxy) is 1. The van der Waals surface area contributed by atoms with Gasteiger partial charge in [-0.3, -0.25) is 9.69 Å². The number of likely N-dealkylation sites (tertiary alicyclic amines) is 1. The summed E-state index contributed by atoms with van der Waals surface area (Å²) in [6.07, 6.45) is 3.67. The second kappa shape index (κ2) is 6.71. The van der Waals surface area contributed by atoms with Gasteiger partial charge in [-0.2, -0.15) is 4.98 Å². The predicted molar refractivity (Wildman–Crippen MR) is 80.2 cm³/mol. The number of rotatable bonds is 5. The summed E-state index contributed by atoms with van der Waals surface area (Å²) in [5.41, 5.74) is 5.79. The molecular formula is C14H23N5O2. The van der Waals surface area contributed by atoms with Crippen LogP contribution in [0.25, 0.3) is 0 Å². The quantitative estimate of drug-likeness (QED) is 0.829. The van der Waals surface area contributed by atoms with E-state index in [4.69, 9.17) is 10.5 Å². The molecule has 0 saturated carbocycles. The lowest BCUT2D eigenvalue weighted by Crippen LogP contribution is -2.43. The van der Waals surface area contributed by atoms with E-state index in [0.717, 1.165) is 13.0 Å². The highest BCUT2D eigenvalue weighted by atomic mass is 16.5. The number of nitrogens with zero attached hydrogens (tertiary/aromatic N) is 3. The molecule has 1 aromatic rings. The second-order valence-corrected chi connectivity index (χ2v) is 5.49. The molecule has 2 heterocycles. The van der Waals surface area contributed by atoms with Crippen molar-refractivity contribution in [3.8, 4) is 5.88 Å². The van der Waals surface area contributed by atoms with Crippen molar-refractivity contribution in [2.45, 2.75) is 38.8 Å². The molecule has 1 aliphatic heterocycles. The van der Waals surface area contributed by atoms with Crippen LogP contribution in [0.4, 0.5) is 5.95 Å². The smallest absolute Gasteiger partial charge is 0.258 e. The van der Waals surface area contributed by atoms with Crippen LogP contribution in [0, 0.1) is 0 Å². The maximum atomic E-state index is 12.2. The van der Waals surface area contributed by atoms with Gasteiger partial charge < -0.3 is 15.8 Å². The minimum Gasteiger partial charge on any atom is -0.480 e. The molecule has 1 aliphatic rings. The largest absolute Gasteiger partial charge is 0.480 e. The molecule has 1 aromatic heterocycles. The number of nitrogens with one attached hydrogen (secondary N) is 1. The molecule has 7 nitrogen and oxygen atoms in total. The van der Waals surface area contributed by atoms with Crippen LogP contribution in [0.2, 0.25) is 0 Å². The van der Waals surface area contributed by atoms with Crippen LogP contribution in [-0.4, -0.2) is 53.1 Å². The Balaban J connectivity index is 1.99. The van der Waals surface area contributed by atoms with Crippen LogP contribution in [0.5, 0.6) is 5.88 Å². The molecule has 0 radical (unpaired) electrons. The first kappa shape index (κ1) is 15.5. The summed E-state index contributed by atoms with van der Waals surface area (Å²) in [6, 6.07) is 0.874. The molecule has 7 heteroatoms. The Hall–Kier alpha value is -1.89. The number of anilines is 1. The van der Waals surface area contributed by atoms with Crippen molar-refractivity contribution in [2.75, 3.05) is 25.9 Å². The average Bonchev–Trinajstić information content (AvgIpc) is 2.93. The van der Waals surface area contributed by atoms with Crippen molar-refractivity contribution in [3.63, 3.8) is 0 Å².